The average molecular weight is 379 g/mol. The third-order valence-corrected chi connectivity index (χ3v) is 4.30. The van der Waals surface area contributed by atoms with Crippen LogP contribution in [-0.4, -0.2) is 31.1 Å². The zero-order valence-electron chi connectivity index (χ0n) is 11.7. The predicted octanol–water partition coefficient (Wildman–Crippen LogP) is 2.79. The minimum atomic E-state index is -4.46. The number of nitrogens with zero attached hydrogens (tertiary/aromatic N) is 1. The van der Waals surface area contributed by atoms with E-state index in [0.717, 1.165) is 10.0 Å². The van der Waals surface area contributed by atoms with Crippen molar-refractivity contribution in [1.29, 1.82) is 0 Å². The second kappa shape index (κ2) is 6.28. The van der Waals surface area contributed by atoms with Crippen LogP contribution in [0.1, 0.15) is 12.0 Å². The Morgan fingerprint density at radius 3 is 2.73 bits per heavy atom. The summed E-state index contributed by atoms with van der Waals surface area (Å²) in [6, 6.07) is 5.30. The first-order chi connectivity index (χ1) is 10.2. The molecular weight excluding hydrogens is 365 g/mol. The van der Waals surface area contributed by atoms with Crippen LogP contribution in [-0.2, 0) is 9.59 Å². The summed E-state index contributed by atoms with van der Waals surface area (Å²) in [6.45, 7) is 0.569. The number of hydrogen-bond acceptors (Lipinski definition) is 2. The van der Waals surface area contributed by atoms with Crippen molar-refractivity contribution in [3.63, 3.8) is 0 Å². The summed E-state index contributed by atoms with van der Waals surface area (Å²) in [5.41, 5.74) is 1.56. The molecule has 0 bridgehead atoms. The molecule has 1 fully saturated rings. The van der Waals surface area contributed by atoms with Crippen LogP contribution in [0.25, 0.3) is 0 Å². The van der Waals surface area contributed by atoms with E-state index in [4.69, 9.17) is 0 Å². The molecule has 1 atom stereocenters. The largest absolute Gasteiger partial charge is 0.405 e. The highest BCUT2D eigenvalue weighted by Crippen LogP contribution is 2.28. The van der Waals surface area contributed by atoms with Crippen LogP contribution in [0.3, 0.4) is 0 Å². The molecule has 0 aromatic heterocycles. The topological polar surface area (TPSA) is 49.4 Å². The fraction of sp³-hybridized carbons (Fsp3) is 0.429. The minimum absolute atomic E-state index is 0.0845. The Bertz CT molecular complexity index is 604. The van der Waals surface area contributed by atoms with Crippen LogP contribution in [0.15, 0.2) is 22.7 Å². The SMILES string of the molecule is Cc1cc(N2CC(C(=O)NCC(F)(F)F)CC2=O)ccc1Br. The molecule has 1 unspecified atom stereocenters. The number of benzene rings is 1. The molecule has 0 aliphatic carbocycles. The molecule has 1 aromatic rings. The maximum atomic E-state index is 12.1. The first-order valence-electron chi connectivity index (χ1n) is 6.58. The number of carbonyl (C=O) groups is 2. The lowest BCUT2D eigenvalue weighted by Crippen LogP contribution is -2.38. The van der Waals surface area contributed by atoms with Gasteiger partial charge in [-0.3, -0.25) is 9.59 Å². The van der Waals surface area contributed by atoms with Crippen molar-refractivity contribution in [1.82, 2.24) is 5.32 Å². The summed E-state index contributed by atoms with van der Waals surface area (Å²) in [5, 5.41) is 1.83. The van der Waals surface area contributed by atoms with Gasteiger partial charge >= 0.3 is 6.18 Å². The van der Waals surface area contributed by atoms with E-state index < -0.39 is 24.5 Å². The zero-order chi connectivity index (χ0) is 16.5. The maximum absolute atomic E-state index is 12.1. The van der Waals surface area contributed by atoms with Crippen molar-refractivity contribution in [2.45, 2.75) is 19.5 Å². The lowest BCUT2D eigenvalue weighted by atomic mass is 10.1. The molecule has 0 saturated carbocycles. The lowest BCUT2D eigenvalue weighted by Gasteiger charge is -2.18. The second-order valence-electron chi connectivity index (χ2n) is 5.17. The van der Waals surface area contributed by atoms with Gasteiger partial charge in [-0.2, -0.15) is 13.2 Å². The van der Waals surface area contributed by atoms with Gasteiger partial charge in [-0.1, -0.05) is 15.9 Å². The molecule has 1 heterocycles. The maximum Gasteiger partial charge on any atom is 0.405 e. The van der Waals surface area contributed by atoms with Crippen LogP contribution >= 0.6 is 15.9 Å². The quantitative estimate of drug-likeness (QED) is 0.878. The molecule has 0 radical (unpaired) electrons. The molecule has 1 aliphatic heterocycles. The highest BCUT2D eigenvalue weighted by atomic mass is 79.9. The minimum Gasteiger partial charge on any atom is -0.347 e. The Kier molecular flexibility index (Phi) is 4.79. The van der Waals surface area contributed by atoms with E-state index in [9.17, 15) is 22.8 Å². The van der Waals surface area contributed by atoms with Crippen molar-refractivity contribution in [2.75, 3.05) is 18.0 Å². The third-order valence-electron chi connectivity index (χ3n) is 3.41. The van der Waals surface area contributed by atoms with E-state index in [1.165, 1.54) is 4.90 Å². The number of rotatable bonds is 3. The smallest absolute Gasteiger partial charge is 0.347 e. The number of nitrogens with one attached hydrogen (secondary N) is 1. The Labute approximate surface area is 133 Å². The Morgan fingerprint density at radius 2 is 2.14 bits per heavy atom. The van der Waals surface area contributed by atoms with Gasteiger partial charge in [0, 0.05) is 23.1 Å². The van der Waals surface area contributed by atoms with Crippen molar-refractivity contribution >= 4 is 33.4 Å². The van der Waals surface area contributed by atoms with Crippen molar-refractivity contribution in [3.8, 4) is 0 Å². The fourth-order valence-electron chi connectivity index (χ4n) is 2.26. The molecular formula is C14H14BrF3N2O2. The number of aryl methyl sites for hydroxylation is 1. The number of alkyl halides is 3. The predicted molar refractivity (Wildman–Crippen MR) is 78.4 cm³/mol. The first kappa shape index (κ1) is 16.8. The van der Waals surface area contributed by atoms with Gasteiger partial charge in [0.15, 0.2) is 0 Å². The van der Waals surface area contributed by atoms with Crippen molar-refractivity contribution < 1.29 is 22.8 Å². The van der Waals surface area contributed by atoms with E-state index in [1.54, 1.807) is 18.2 Å². The summed E-state index contributed by atoms with van der Waals surface area (Å²) in [4.78, 5) is 25.2. The Morgan fingerprint density at radius 1 is 1.45 bits per heavy atom. The van der Waals surface area contributed by atoms with Gasteiger partial charge < -0.3 is 10.2 Å². The first-order valence-corrected chi connectivity index (χ1v) is 7.37. The zero-order valence-corrected chi connectivity index (χ0v) is 13.3. The monoisotopic (exact) mass is 378 g/mol. The van der Waals surface area contributed by atoms with E-state index in [2.05, 4.69) is 15.9 Å². The normalized spacial score (nSPS) is 18.7. The average Bonchev–Trinajstić information content (AvgIpc) is 2.80. The molecule has 1 aromatic carbocycles. The number of amides is 2. The lowest BCUT2D eigenvalue weighted by molar-refractivity contribution is -0.140. The molecule has 2 rings (SSSR count). The molecule has 1 N–H and O–H groups in total. The van der Waals surface area contributed by atoms with Crippen LogP contribution in [0.4, 0.5) is 18.9 Å². The van der Waals surface area contributed by atoms with Gasteiger partial charge in [0.2, 0.25) is 11.8 Å². The van der Waals surface area contributed by atoms with E-state index >= 15 is 0 Å². The molecule has 4 nitrogen and oxygen atoms in total. The van der Waals surface area contributed by atoms with Crippen LogP contribution in [0.2, 0.25) is 0 Å². The number of hydrogen-bond donors (Lipinski definition) is 1. The van der Waals surface area contributed by atoms with Crippen LogP contribution in [0, 0.1) is 12.8 Å². The summed E-state index contributed by atoms with van der Waals surface area (Å²) in [5.74, 6) is -1.78. The molecule has 22 heavy (non-hydrogen) atoms. The highest BCUT2D eigenvalue weighted by Gasteiger charge is 2.37. The van der Waals surface area contributed by atoms with Crippen molar-refractivity contribution in [2.24, 2.45) is 5.92 Å². The van der Waals surface area contributed by atoms with Gasteiger partial charge in [0.05, 0.1) is 5.92 Å². The van der Waals surface area contributed by atoms with Crippen LogP contribution < -0.4 is 10.2 Å². The Balaban J connectivity index is 2.04. The standard InChI is InChI=1S/C14H14BrF3N2O2/c1-8-4-10(2-3-11(8)15)20-6-9(5-12(20)21)13(22)19-7-14(16,17)18/h2-4,9H,5-7H2,1H3,(H,19,22). The van der Waals surface area contributed by atoms with Crippen LogP contribution in [0.5, 0.6) is 0 Å². The number of carbonyl (C=O) groups excluding carboxylic acids is 2. The summed E-state index contributed by atoms with van der Waals surface area (Å²) < 4.78 is 37.2. The van der Waals surface area contributed by atoms with Gasteiger partial charge in [0.1, 0.15) is 6.54 Å². The molecule has 120 valence electrons. The van der Waals surface area contributed by atoms with E-state index in [-0.39, 0.29) is 18.9 Å². The highest BCUT2D eigenvalue weighted by molar-refractivity contribution is 9.10. The summed E-state index contributed by atoms with van der Waals surface area (Å²) in [6.07, 6.45) is -4.54. The number of anilines is 1. The summed E-state index contributed by atoms with van der Waals surface area (Å²) >= 11 is 3.35. The third kappa shape index (κ3) is 4.00. The number of halogens is 4. The second-order valence-corrected chi connectivity index (χ2v) is 6.03. The van der Waals surface area contributed by atoms with Gasteiger partial charge in [-0.25, -0.2) is 0 Å². The fourth-order valence-corrected chi connectivity index (χ4v) is 2.51. The molecule has 1 saturated heterocycles. The van der Waals surface area contributed by atoms with E-state index in [0.29, 0.717) is 5.69 Å². The van der Waals surface area contributed by atoms with Gasteiger partial charge in [-0.15, -0.1) is 0 Å². The van der Waals surface area contributed by atoms with Crippen molar-refractivity contribution in [3.05, 3.63) is 28.2 Å². The molecule has 8 heteroatoms. The Hall–Kier alpha value is -1.57. The van der Waals surface area contributed by atoms with Gasteiger partial charge in [0.25, 0.3) is 0 Å². The summed E-state index contributed by atoms with van der Waals surface area (Å²) in [7, 11) is 0. The molecule has 1 aliphatic rings. The van der Waals surface area contributed by atoms with Gasteiger partial charge in [-0.05, 0) is 30.7 Å². The van der Waals surface area contributed by atoms with E-state index in [1.807, 2.05) is 12.2 Å². The molecule has 0 spiro atoms. The molecule has 2 amide bonds.